The Bertz CT molecular complexity index is 381. The van der Waals surface area contributed by atoms with Crippen molar-refractivity contribution in [1.82, 2.24) is 5.32 Å². The molecule has 72 valence electrons. The van der Waals surface area contributed by atoms with Crippen molar-refractivity contribution in [3.05, 3.63) is 34.3 Å². The molecule has 0 radical (unpaired) electrons. The molecule has 14 heavy (non-hydrogen) atoms. The molecule has 1 amide bonds. The highest BCUT2D eigenvalue weighted by Gasteiger charge is 2.10. The fourth-order valence-electron chi connectivity index (χ4n) is 0.961. The third-order valence-corrected chi connectivity index (χ3v) is 2.41. The molecular formula is C11H10BrNO. The van der Waals surface area contributed by atoms with Gasteiger partial charge >= 0.3 is 0 Å². The molecule has 0 fully saturated rings. The summed E-state index contributed by atoms with van der Waals surface area (Å²) in [7, 11) is 0. The average Bonchev–Trinajstić information content (AvgIpc) is 2.18. The number of hydrogen-bond donors (Lipinski definition) is 1. The summed E-state index contributed by atoms with van der Waals surface area (Å²) in [6.07, 6.45) is 5.16. The molecule has 1 aromatic carbocycles. The Balaban J connectivity index is 2.81. The molecule has 0 saturated heterocycles. The van der Waals surface area contributed by atoms with Crippen LogP contribution in [0.1, 0.15) is 17.3 Å². The second-order valence-corrected chi connectivity index (χ2v) is 3.70. The average molecular weight is 252 g/mol. The largest absolute Gasteiger partial charge is 0.339 e. The maximum absolute atomic E-state index is 11.6. The van der Waals surface area contributed by atoms with E-state index in [-0.39, 0.29) is 11.9 Å². The summed E-state index contributed by atoms with van der Waals surface area (Å²) in [6, 6.07) is 6.96. The van der Waals surface area contributed by atoms with E-state index in [2.05, 4.69) is 27.2 Å². The molecule has 1 atom stereocenters. The summed E-state index contributed by atoms with van der Waals surface area (Å²) in [5, 5.41) is 2.68. The van der Waals surface area contributed by atoms with Gasteiger partial charge in [-0.2, -0.15) is 0 Å². The minimum absolute atomic E-state index is 0.164. The number of rotatable bonds is 2. The molecule has 0 aromatic heterocycles. The van der Waals surface area contributed by atoms with Crippen molar-refractivity contribution in [2.24, 2.45) is 0 Å². The minimum atomic E-state index is -0.255. The molecular weight excluding hydrogens is 242 g/mol. The number of carbonyl (C=O) groups is 1. The lowest BCUT2D eigenvalue weighted by Crippen LogP contribution is -2.31. The van der Waals surface area contributed by atoms with Gasteiger partial charge in [0, 0.05) is 4.47 Å². The molecule has 0 bridgehead atoms. The second kappa shape index (κ2) is 4.83. The highest BCUT2D eigenvalue weighted by Crippen LogP contribution is 2.15. The van der Waals surface area contributed by atoms with E-state index >= 15 is 0 Å². The monoisotopic (exact) mass is 251 g/mol. The summed E-state index contributed by atoms with van der Waals surface area (Å²) in [5.41, 5.74) is 0.592. The lowest BCUT2D eigenvalue weighted by molar-refractivity contribution is 0.0947. The minimum Gasteiger partial charge on any atom is -0.339 e. The number of terminal acetylenes is 1. The Kier molecular flexibility index (Phi) is 3.73. The van der Waals surface area contributed by atoms with Crippen molar-refractivity contribution in [3.63, 3.8) is 0 Å². The van der Waals surface area contributed by atoms with Crippen molar-refractivity contribution in [2.45, 2.75) is 13.0 Å². The van der Waals surface area contributed by atoms with E-state index in [0.717, 1.165) is 4.47 Å². The topological polar surface area (TPSA) is 29.1 Å². The van der Waals surface area contributed by atoms with Gasteiger partial charge < -0.3 is 5.32 Å². The maximum atomic E-state index is 11.6. The lowest BCUT2D eigenvalue weighted by Gasteiger charge is -2.08. The predicted octanol–water partition coefficient (Wildman–Crippen LogP) is 2.20. The summed E-state index contributed by atoms with van der Waals surface area (Å²) < 4.78 is 0.765. The Labute approximate surface area is 91.8 Å². The zero-order valence-corrected chi connectivity index (χ0v) is 9.34. The second-order valence-electron chi connectivity index (χ2n) is 2.84. The van der Waals surface area contributed by atoms with Gasteiger partial charge in [0.2, 0.25) is 0 Å². The maximum Gasteiger partial charge on any atom is 0.253 e. The first-order valence-electron chi connectivity index (χ1n) is 4.16. The first-order valence-corrected chi connectivity index (χ1v) is 4.96. The van der Waals surface area contributed by atoms with Crippen LogP contribution < -0.4 is 5.32 Å². The molecule has 0 heterocycles. The third kappa shape index (κ3) is 2.61. The molecule has 2 nitrogen and oxygen atoms in total. The molecule has 0 aliphatic rings. The number of carbonyl (C=O) groups excluding carboxylic acids is 1. The van der Waals surface area contributed by atoms with E-state index in [1.54, 1.807) is 19.1 Å². The van der Waals surface area contributed by atoms with Gasteiger partial charge in [-0.05, 0) is 35.0 Å². The van der Waals surface area contributed by atoms with Gasteiger partial charge in [-0.15, -0.1) is 6.42 Å². The van der Waals surface area contributed by atoms with Crippen LogP contribution in [0.4, 0.5) is 0 Å². The molecule has 0 aliphatic carbocycles. The SMILES string of the molecule is C#CC(C)NC(=O)c1ccccc1Br. The fourth-order valence-corrected chi connectivity index (χ4v) is 1.43. The van der Waals surface area contributed by atoms with Crippen molar-refractivity contribution in [2.75, 3.05) is 0 Å². The molecule has 3 heteroatoms. The van der Waals surface area contributed by atoms with Gasteiger partial charge in [0.15, 0.2) is 0 Å². The van der Waals surface area contributed by atoms with Gasteiger partial charge in [-0.1, -0.05) is 18.1 Å². The van der Waals surface area contributed by atoms with Crippen LogP contribution in [0.2, 0.25) is 0 Å². The van der Waals surface area contributed by atoms with Gasteiger partial charge in [0.1, 0.15) is 0 Å². The Hall–Kier alpha value is -1.27. The number of benzene rings is 1. The van der Waals surface area contributed by atoms with Gasteiger partial charge in [-0.25, -0.2) is 0 Å². The molecule has 1 aromatic rings. The van der Waals surface area contributed by atoms with Crippen molar-refractivity contribution in [1.29, 1.82) is 0 Å². The highest BCUT2D eigenvalue weighted by atomic mass is 79.9. The van der Waals surface area contributed by atoms with Crippen LogP contribution in [0.5, 0.6) is 0 Å². The van der Waals surface area contributed by atoms with Crippen LogP contribution in [0.25, 0.3) is 0 Å². The normalized spacial score (nSPS) is 11.5. The Morgan fingerprint density at radius 1 is 1.57 bits per heavy atom. The fraction of sp³-hybridized carbons (Fsp3) is 0.182. The summed E-state index contributed by atoms with van der Waals surface area (Å²) >= 11 is 3.30. The molecule has 0 aliphatic heterocycles. The smallest absolute Gasteiger partial charge is 0.253 e. The molecule has 1 N–H and O–H groups in total. The van der Waals surface area contributed by atoms with Crippen LogP contribution >= 0.6 is 15.9 Å². The first kappa shape index (κ1) is 10.8. The van der Waals surface area contributed by atoms with Gasteiger partial charge in [-0.3, -0.25) is 4.79 Å². The molecule has 0 saturated carbocycles. The standard InChI is InChI=1S/C11H10BrNO/c1-3-8(2)13-11(14)9-6-4-5-7-10(9)12/h1,4-8H,2H3,(H,13,14). The quantitative estimate of drug-likeness (QED) is 0.803. The van der Waals surface area contributed by atoms with E-state index in [4.69, 9.17) is 6.42 Å². The lowest BCUT2D eigenvalue weighted by atomic mass is 10.2. The van der Waals surface area contributed by atoms with Crippen LogP contribution in [0.3, 0.4) is 0 Å². The van der Waals surface area contributed by atoms with Crippen LogP contribution in [0.15, 0.2) is 28.7 Å². The van der Waals surface area contributed by atoms with Crippen LogP contribution in [-0.4, -0.2) is 11.9 Å². The zero-order chi connectivity index (χ0) is 10.6. The number of nitrogens with one attached hydrogen (secondary N) is 1. The summed E-state index contributed by atoms with van der Waals surface area (Å²) in [5.74, 6) is 2.27. The van der Waals surface area contributed by atoms with E-state index in [1.165, 1.54) is 0 Å². The van der Waals surface area contributed by atoms with Crippen molar-refractivity contribution < 1.29 is 4.79 Å². The first-order chi connectivity index (χ1) is 6.65. The molecule has 0 spiro atoms. The van der Waals surface area contributed by atoms with Gasteiger partial charge in [0.05, 0.1) is 11.6 Å². The summed E-state index contributed by atoms with van der Waals surface area (Å²) in [4.78, 5) is 11.6. The van der Waals surface area contributed by atoms with E-state index in [0.29, 0.717) is 5.56 Å². The van der Waals surface area contributed by atoms with E-state index in [1.807, 2.05) is 12.1 Å². The van der Waals surface area contributed by atoms with Gasteiger partial charge in [0.25, 0.3) is 5.91 Å². The molecule has 1 rings (SSSR count). The Morgan fingerprint density at radius 3 is 2.79 bits per heavy atom. The predicted molar refractivity (Wildman–Crippen MR) is 59.9 cm³/mol. The zero-order valence-electron chi connectivity index (χ0n) is 7.75. The van der Waals surface area contributed by atoms with E-state index < -0.39 is 0 Å². The van der Waals surface area contributed by atoms with Crippen LogP contribution in [0, 0.1) is 12.3 Å². The highest BCUT2D eigenvalue weighted by molar-refractivity contribution is 9.10. The third-order valence-electron chi connectivity index (χ3n) is 1.72. The van der Waals surface area contributed by atoms with E-state index in [9.17, 15) is 4.79 Å². The number of halogens is 1. The number of amides is 1. The van der Waals surface area contributed by atoms with Crippen molar-refractivity contribution >= 4 is 21.8 Å². The number of hydrogen-bond acceptors (Lipinski definition) is 1. The summed E-state index contributed by atoms with van der Waals surface area (Å²) in [6.45, 7) is 1.76. The molecule has 1 unspecified atom stereocenters. The Morgan fingerprint density at radius 2 is 2.21 bits per heavy atom. The van der Waals surface area contributed by atoms with Crippen molar-refractivity contribution in [3.8, 4) is 12.3 Å². The van der Waals surface area contributed by atoms with Crippen LogP contribution in [-0.2, 0) is 0 Å².